The largest absolute Gasteiger partial charge is 0.316 e. The second-order valence-electron chi connectivity index (χ2n) is 5.12. The van der Waals surface area contributed by atoms with E-state index in [4.69, 9.17) is 11.6 Å². The van der Waals surface area contributed by atoms with E-state index in [1.165, 1.54) is 37.7 Å². The maximum Gasteiger partial charge on any atom is 0.0406 e. The van der Waals surface area contributed by atoms with Crippen LogP contribution in [0.4, 0.5) is 0 Å². The summed E-state index contributed by atoms with van der Waals surface area (Å²) < 4.78 is 0. The molecule has 94 valence electrons. The van der Waals surface area contributed by atoms with Gasteiger partial charge < -0.3 is 5.32 Å². The van der Waals surface area contributed by atoms with Crippen molar-refractivity contribution in [2.24, 2.45) is 5.92 Å². The van der Waals surface area contributed by atoms with Crippen LogP contribution in [0.15, 0.2) is 24.3 Å². The van der Waals surface area contributed by atoms with Gasteiger partial charge in [0.05, 0.1) is 0 Å². The Hall–Kier alpha value is -0.530. The zero-order chi connectivity index (χ0) is 12.1. The number of hydrogen-bond donors (Lipinski definition) is 1. The Labute approximate surface area is 110 Å². The van der Waals surface area contributed by atoms with Crippen molar-refractivity contribution in [3.8, 4) is 0 Å². The highest BCUT2D eigenvalue weighted by Gasteiger charge is 2.22. The number of likely N-dealkylation sites (N-methyl/N-ethyl adjacent to an activating group) is 1. The molecule has 0 spiro atoms. The van der Waals surface area contributed by atoms with Crippen LogP contribution in [0, 0.1) is 5.92 Å². The summed E-state index contributed by atoms with van der Waals surface area (Å²) in [6.07, 6.45) is 8.14. The first kappa shape index (κ1) is 12.9. The molecule has 1 aromatic rings. The normalized spacial score (nSPS) is 19.2. The summed E-state index contributed by atoms with van der Waals surface area (Å²) in [7, 11) is 2.09. The maximum absolute atomic E-state index is 5.92. The maximum atomic E-state index is 5.92. The predicted octanol–water partition coefficient (Wildman–Crippen LogP) is 4.05. The number of hydrogen-bond acceptors (Lipinski definition) is 1. The molecule has 0 radical (unpaired) electrons. The summed E-state index contributed by atoms with van der Waals surface area (Å²) in [5.41, 5.74) is 1.39. The molecule has 0 saturated heterocycles. The third kappa shape index (κ3) is 3.72. The van der Waals surface area contributed by atoms with Crippen LogP contribution in [0.1, 0.15) is 37.7 Å². The molecule has 1 saturated carbocycles. The van der Waals surface area contributed by atoms with Crippen molar-refractivity contribution < 1.29 is 0 Å². The Bertz CT molecular complexity index is 327. The lowest BCUT2D eigenvalue weighted by molar-refractivity contribution is 0.277. The van der Waals surface area contributed by atoms with Gasteiger partial charge in [0.15, 0.2) is 0 Å². The Balaban J connectivity index is 1.96. The smallest absolute Gasteiger partial charge is 0.0406 e. The van der Waals surface area contributed by atoms with Gasteiger partial charge in [0.25, 0.3) is 0 Å². The van der Waals surface area contributed by atoms with Gasteiger partial charge in [-0.05, 0) is 49.9 Å². The molecule has 1 atom stereocenters. The van der Waals surface area contributed by atoms with Crippen molar-refractivity contribution in [2.45, 2.75) is 44.6 Å². The van der Waals surface area contributed by atoms with Gasteiger partial charge in [0, 0.05) is 11.1 Å². The number of rotatable bonds is 4. The van der Waals surface area contributed by atoms with Gasteiger partial charge in [-0.2, -0.15) is 0 Å². The summed E-state index contributed by atoms with van der Waals surface area (Å²) >= 11 is 5.92. The molecular formula is C15H22ClN. The molecule has 1 aliphatic carbocycles. The van der Waals surface area contributed by atoms with Gasteiger partial charge in [-0.25, -0.2) is 0 Å². The Kier molecular flexibility index (Phi) is 4.87. The first-order valence-electron chi connectivity index (χ1n) is 6.71. The molecule has 2 rings (SSSR count). The molecule has 0 heterocycles. The van der Waals surface area contributed by atoms with Gasteiger partial charge in [-0.3, -0.25) is 0 Å². The summed E-state index contributed by atoms with van der Waals surface area (Å²) in [4.78, 5) is 0. The summed E-state index contributed by atoms with van der Waals surface area (Å²) in [5, 5.41) is 4.33. The van der Waals surface area contributed by atoms with E-state index < -0.39 is 0 Å². The Morgan fingerprint density at radius 2 is 1.82 bits per heavy atom. The van der Waals surface area contributed by atoms with E-state index in [1.807, 2.05) is 12.1 Å². The molecule has 1 aliphatic rings. The summed E-state index contributed by atoms with van der Waals surface area (Å²) in [6, 6.07) is 8.90. The SMILES string of the molecule is CNC(Cc1ccc(Cl)cc1)C1CCCCC1. The molecule has 0 amide bonds. The van der Waals surface area contributed by atoms with E-state index in [2.05, 4.69) is 24.5 Å². The molecule has 1 unspecified atom stereocenters. The van der Waals surface area contributed by atoms with Crippen LogP contribution in [0.2, 0.25) is 5.02 Å². The average molecular weight is 252 g/mol. The minimum absolute atomic E-state index is 0.622. The standard InChI is InChI=1S/C15H22ClN/c1-17-15(13-5-3-2-4-6-13)11-12-7-9-14(16)10-8-12/h7-10,13,15,17H,2-6,11H2,1H3. The van der Waals surface area contributed by atoms with Crippen molar-refractivity contribution >= 4 is 11.6 Å². The zero-order valence-corrected chi connectivity index (χ0v) is 11.3. The fourth-order valence-electron chi connectivity index (χ4n) is 2.92. The minimum Gasteiger partial charge on any atom is -0.316 e. The molecule has 0 bridgehead atoms. The highest BCUT2D eigenvalue weighted by molar-refractivity contribution is 6.30. The van der Waals surface area contributed by atoms with Crippen molar-refractivity contribution in [3.63, 3.8) is 0 Å². The van der Waals surface area contributed by atoms with Crippen LogP contribution in [0.25, 0.3) is 0 Å². The molecule has 1 nitrogen and oxygen atoms in total. The third-order valence-electron chi connectivity index (χ3n) is 3.96. The topological polar surface area (TPSA) is 12.0 Å². The van der Waals surface area contributed by atoms with Crippen LogP contribution < -0.4 is 5.32 Å². The van der Waals surface area contributed by atoms with Gasteiger partial charge in [-0.1, -0.05) is 43.0 Å². The predicted molar refractivity (Wildman–Crippen MR) is 74.6 cm³/mol. The first-order chi connectivity index (χ1) is 8.29. The number of halogens is 1. The highest BCUT2D eigenvalue weighted by Crippen LogP contribution is 2.28. The second kappa shape index (κ2) is 6.42. The van der Waals surface area contributed by atoms with Gasteiger partial charge >= 0.3 is 0 Å². The van der Waals surface area contributed by atoms with E-state index in [0.717, 1.165) is 17.4 Å². The summed E-state index contributed by atoms with van der Waals surface area (Å²) in [5.74, 6) is 0.851. The van der Waals surface area contributed by atoms with E-state index in [9.17, 15) is 0 Å². The van der Waals surface area contributed by atoms with Crippen LogP contribution in [0.3, 0.4) is 0 Å². The van der Waals surface area contributed by atoms with Crippen molar-refractivity contribution in [2.75, 3.05) is 7.05 Å². The molecule has 0 aliphatic heterocycles. The lowest BCUT2D eigenvalue weighted by atomic mass is 9.81. The van der Waals surface area contributed by atoms with Crippen LogP contribution >= 0.6 is 11.6 Å². The highest BCUT2D eigenvalue weighted by atomic mass is 35.5. The van der Waals surface area contributed by atoms with E-state index >= 15 is 0 Å². The number of benzene rings is 1. The number of nitrogens with one attached hydrogen (secondary N) is 1. The molecule has 0 aromatic heterocycles. The van der Waals surface area contributed by atoms with Crippen molar-refractivity contribution in [1.82, 2.24) is 5.32 Å². The van der Waals surface area contributed by atoms with E-state index in [0.29, 0.717) is 6.04 Å². The molecule has 2 heteroatoms. The molecule has 17 heavy (non-hydrogen) atoms. The molecule has 1 N–H and O–H groups in total. The third-order valence-corrected chi connectivity index (χ3v) is 4.21. The Morgan fingerprint density at radius 3 is 2.41 bits per heavy atom. The monoisotopic (exact) mass is 251 g/mol. The Morgan fingerprint density at radius 1 is 1.18 bits per heavy atom. The van der Waals surface area contributed by atoms with E-state index in [1.54, 1.807) is 0 Å². The van der Waals surface area contributed by atoms with Gasteiger partial charge in [0.1, 0.15) is 0 Å². The fourth-order valence-corrected chi connectivity index (χ4v) is 3.04. The second-order valence-corrected chi connectivity index (χ2v) is 5.56. The molecule has 1 aromatic carbocycles. The van der Waals surface area contributed by atoms with Gasteiger partial charge in [-0.15, -0.1) is 0 Å². The minimum atomic E-state index is 0.622. The van der Waals surface area contributed by atoms with Crippen LogP contribution in [-0.4, -0.2) is 13.1 Å². The first-order valence-corrected chi connectivity index (χ1v) is 7.09. The zero-order valence-electron chi connectivity index (χ0n) is 10.6. The fraction of sp³-hybridized carbons (Fsp3) is 0.600. The van der Waals surface area contributed by atoms with Crippen LogP contribution in [-0.2, 0) is 6.42 Å². The van der Waals surface area contributed by atoms with Crippen molar-refractivity contribution in [3.05, 3.63) is 34.9 Å². The average Bonchev–Trinajstić information content (AvgIpc) is 2.39. The van der Waals surface area contributed by atoms with Crippen molar-refractivity contribution in [1.29, 1.82) is 0 Å². The quantitative estimate of drug-likeness (QED) is 0.851. The lowest BCUT2D eigenvalue weighted by Gasteiger charge is -2.30. The van der Waals surface area contributed by atoms with E-state index in [-0.39, 0.29) is 0 Å². The van der Waals surface area contributed by atoms with Gasteiger partial charge in [0.2, 0.25) is 0 Å². The molecule has 1 fully saturated rings. The summed E-state index contributed by atoms with van der Waals surface area (Å²) in [6.45, 7) is 0. The molecular weight excluding hydrogens is 230 g/mol. The van der Waals surface area contributed by atoms with Crippen LogP contribution in [0.5, 0.6) is 0 Å². The lowest BCUT2D eigenvalue weighted by Crippen LogP contribution is -2.36.